The van der Waals surface area contributed by atoms with Crippen LogP contribution in [0.25, 0.3) is 0 Å². The topological polar surface area (TPSA) is 60.9 Å². The van der Waals surface area contributed by atoms with Crippen molar-refractivity contribution in [2.45, 2.75) is 38.1 Å². The minimum atomic E-state index is -0.872. The fraction of sp³-hybridized carbons (Fsp3) is 0.867. The zero-order chi connectivity index (χ0) is 14.8. The van der Waals surface area contributed by atoms with Gasteiger partial charge in [0.15, 0.2) is 0 Å². The van der Waals surface area contributed by atoms with Gasteiger partial charge in [-0.15, -0.1) is 0 Å². The maximum Gasteiger partial charge on any atom is 0.327 e. The summed E-state index contributed by atoms with van der Waals surface area (Å²) < 4.78 is 0. The summed E-state index contributed by atoms with van der Waals surface area (Å²) in [5, 5.41) is 9.32. The second-order valence-electron chi connectivity index (χ2n) is 6.44. The summed E-state index contributed by atoms with van der Waals surface area (Å²) in [6.07, 6.45) is 6.25. The Balaban J connectivity index is 1.65. The SMILES string of the molecule is O=C(O)C1CSCCN1C(=O)N1CCC2CCCCC2C1. The number of fused-ring (bicyclic) bond motifs is 1. The Hall–Kier alpha value is -0.910. The average molecular weight is 312 g/mol. The van der Waals surface area contributed by atoms with Gasteiger partial charge in [0.25, 0.3) is 0 Å². The van der Waals surface area contributed by atoms with E-state index in [0.717, 1.165) is 31.2 Å². The third kappa shape index (κ3) is 3.15. The normalized spacial score (nSPS) is 33.4. The van der Waals surface area contributed by atoms with Gasteiger partial charge < -0.3 is 14.9 Å². The largest absolute Gasteiger partial charge is 0.480 e. The Morgan fingerprint density at radius 1 is 1.05 bits per heavy atom. The fourth-order valence-electron chi connectivity index (χ4n) is 3.99. The van der Waals surface area contributed by atoms with Gasteiger partial charge in [-0.1, -0.05) is 19.3 Å². The molecule has 118 valence electrons. The molecule has 1 saturated carbocycles. The van der Waals surface area contributed by atoms with Crippen molar-refractivity contribution < 1.29 is 14.7 Å². The van der Waals surface area contributed by atoms with E-state index >= 15 is 0 Å². The number of likely N-dealkylation sites (tertiary alicyclic amines) is 1. The standard InChI is InChI=1S/C15H24N2O3S/c18-14(19)13-10-21-8-7-17(13)15(20)16-6-5-11-3-1-2-4-12(11)9-16/h11-13H,1-10H2,(H,18,19). The first-order valence-corrected chi connectivity index (χ1v) is 9.18. The minimum Gasteiger partial charge on any atom is -0.480 e. The monoisotopic (exact) mass is 312 g/mol. The van der Waals surface area contributed by atoms with Crippen molar-refractivity contribution >= 4 is 23.8 Å². The van der Waals surface area contributed by atoms with Crippen LogP contribution < -0.4 is 0 Å². The quantitative estimate of drug-likeness (QED) is 0.805. The summed E-state index contributed by atoms with van der Waals surface area (Å²) in [5.41, 5.74) is 0. The maximum absolute atomic E-state index is 12.7. The van der Waals surface area contributed by atoms with Crippen LogP contribution in [0, 0.1) is 11.8 Å². The van der Waals surface area contributed by atoms with E-state index in [4.69, 9.17) is 0 Å². The van der Waals surface area contributed by atoms with Gasteiger partial charge in [-0.2, -0.15) is 11.8 Å². The summed E-state index contributed by atoms with van der Waals surface area (Å²) in [4.78, 5) is 27.6. The Bertz CT molecular complexity index is 418. The van der Waals surface area contributed by atoms with E-state index in [-0.39, 0.29) is 6.03 Å². The lowest BCUT2D eigenvalue weighted by Gasteiger charge is -2.44. The highest BCUT2D eigenvalue weighted by Gasteiger charge is 2.38. The Morgan fingerprint density at radius 3 is 2.57 bits per heavy atom. The van der Waals surface area contributed by atoms with Crippen LogP contribution >= 0.6 is 11.8 Å². The molecule has 2 saturated heterocycles. The molecule has 0 aromatic carbocycles. The van der Waals surface area contributed by atoms with Crippen LogP contribution in [0.15, 0.2) is 0 Å². The molecule has 21 heavy (non-hydrogen) atoms. The molecule has 0 radical (unpaired) electrons. The molecule has 2 aliphatic heterocycles. The van der Waals surface area contributed by atoms with Crippen LogP contribution in [-0.4, -0.2) is 64.1 Å². The number of thioether (sulfide) groups is 1. The van der Waals surface area contributed by atoms with Crippen molar-refractivity contribution in [3.05, 3.63) is 0 Å². The van der Waals surface area contributed by atoms with E-state index in [1.807, 2.05) is 4.90 Å². The number of carbonyl (C=O) groups is 2. The number of rotatable bonds is 1. The van der Waals surface area contributed by atoms with Crippen LogP contribution in [0.4, 0.5) is 4.79 Å². The molecule has 6 heteroatoms. The molecule has 1 aliphatic carbocycles. The van der Waals surface area contributed by atoms with Gasteiger partial charge in [0, 0.05) is 31.1 Å². The molecule has 0 bridgehead atoms. The molecule has 0 aromatic heterocycles. The number of nitrogens with zero attached hydrogens (tertiary/aromatic N) is 2. The van der Waals surface area contributed by atoms with Crippen molar-refractivity contribution in [3.8, 4) is 0 Å². The predicted molar refractivity (Wildman–Crippen MR) is 82.5 cm³/mol. The van der Waals surface area contributed by atoms with Crippen LogP contribution in [-0.2, 0) is 4.79 Å². The Morgan fingerprint density at radius 2 is 1.81 bits per heavy atom. The van der Waals surface area contributed by atoms with Crippen molar-refractivity contribution in [3.63, 3.8) is 0 Å². The summed E-state index contributed by atoms with van der Waals surface area (Å²) in [5.74, 6) is 1.91. The minimum absolute atomic E-state index is 0.0493. The number of aliphatic carboxylic acids is 1. The number of carboxylic acid groups (broad SMARTS) is 1. The Kier molecular flexibility index (Phi) is 4.62. The van der Waals surface area contributed by atoms with Crippen molar-refractivity contribution in [1.82, 2.24) is 9.80 Å². The first kappa shape index (κ1) is 15.0. The lowest BCUT2D eigenvalue weighted by atomic mass is 9.75. The van der Waals surface area contributed by atoms with Crippen LogP contribution in [0.1, 0.15) is 32.1 Å². The number of carbonyl (C=O) groups excluding carboxylic acids is 1. The van der Waals surface area contributed by atoms with E-state index in [0.29, 0.717) is 18.2 Å². The Labute approximate surface area is 130 Å². The van der Waals surface area contributed by atoms with Crippen LogP contribution in [0.3, 0.4) is 0 Å². The van der Waals surface area contributed by atoms with Gasteiger partial charge in [-0.3, -0.25) is 0 Å². The van der Waals surface area contributed by atoms with Gasteiger partial charge in [-0.05, 0) is 24.7 Å². The first-order valence-electron chi connectivity index (χ1n) is 8.03. The highest BCUT2D eigenvalue weighted by molar-refractivity contribution is 7.99. The molecule has 3 rings (SSSR count). The van der Waals surface area contributed by atoms with Crippen molar-refractivity contribution in [1.29, 1.82) is 0 Å². The molecular weight excluding hydrogens is 288 g/mol. The van der Waals surface area contributed by atoms with E-state index in [2.05, 4.69) is 0 Å². The predicted octanol–water partition coefficient (Wildman–Crippen LogP) is 2.12. The van der Waals surface area contributed by atoms with Crippen LogP contribution in [0.2, 0.25) is 0 Å². The molecule has 0 spiro atoms. The van der Waals surface area contributed by atoms with E-state index in [1.165, 1.54) is 25.7 Å². The van der Waals surface area contributed by atoms with Gasteiger partial charge >= 0.3 is 12.0 Å². The second-order valence-corrected chi connectivity index (χ2v) is 7.59. The molecule has 3 unspecified atom stereocenters. The first-order chi connectivity index (χ1) is 10.2. The van der Waals surface area contributed by atoms with Gasteiger partial charge in [0.2, 0.25) is 0 Å². The second kappa shape index (κ2) is 6.46. The maximum atomic E-state index is 12.7. The third-order valence-corrected chi connectivity index (χ3v) is 6.24. The van der Waals surface area contributed by atoms with Crippen LogP contribution in [0.5, 0.6) is 0 Å². The molecule has 1 N–H and O–H groups in total. The zero-order valence-corrected chi connectivity index (χ0v) is 13.2. The molecule has 2 amide bonds. The smallest absolute Gasteiger partial charge is 0.327 e. The molecule has 3 aliphatic rings. The number of hydrogen-bond donors (Lipinski definition) is 1. The summed E-state index contributed by atoms with van der Waals surface area (Å²) in [7, 11) is 0. The zero-order valence-electron chi connectivity index (χ0n) is 12.4. The fourth-order valence-corrected chi connectivity index (χ4v) is 5.03. The molecule has 2 heterocycles. The van der Waals surface area contributed by atoms with E-state index in [1.54, 1.807) is 16.7 Å². The third-order valence-electron chi connectivity index (χ3n) is 5.22. The number of hydrogen-bond acceptors (Lipinski definition) is 3. The summed E-state index contributed by atoms with van der Waals surface area (Å²) in [6, 6.07) is -0.702. The molecule has 5 nitrogen and oxygen atoms in total. The number of carboxylic acids is 1. The van der Waals surface area contributed by atoms with E-state index in [9.17, 15) is 14.7 Å². The van der Waals surface area contributed by atoms with Gasteiger partial charge in [0.1, 0.15) is 6.04 Å². The van der Waals surface area contributed by atoms with Gasteiger partial charge in [-0.25, -0.2) is 9.59 Å². The van der Waals surface area contributed by atoms with Gasteiger partial charge in [0.05, 0.1) is 0 Å². The average Bonchev–Trinajstić information content (AvgIpc) is 2.53. The molecule has 0 aromatic rings. The molecular formula is C15H24N2O3S. The number of piperidine rings is 1. The van der Waals surface area contributed by atoms with E-state index < -0.39 is 12.0 Å². The molecule has 3 fully saturated rings. The highest BCUT2D eigenvalue weighted by atomic mass is 32.2. The van der Waals surface area contributed by atoms with Crippen molar-refractivity contribution in [2.24, 2.45) is 11.8 Å². The number of urea groups is 1. The molecule has 3 atom stereocenters. The lowest BCUT2D eigenvalue weighted by molar-refractivity contribution is -0.141. The summed E-state index contributed by atoms with van der Waals surface area (Å²) >= 11 is 1.62. The number of amides is 2. The summed E-state index contributed by atoms with van der Waals surface area (Å²) in [6.45, 7) is 2.19. The lowest BCUT2D eigenvalue weighted by Crippen LogP contribution is -2.57. The van der Waals surface area contributed by atoms with Crippen molar-refractivity contribution in [2.75, 3.05) is 31.1 Å². The highest BCUT2D eigenvalue weighted by Crippen LogP contribution is 2.36.